The molecule has 0 aliphatic rings. The molecule has 2 aromatic carbocycles. The summed E-state index contributed by atoms with van der Waals surface area (Å²) in [5.41, 5.74) is 9.47. The number of anilines is 1. The molecule has 0 aliphatic heterocycles. The van der Waals surface area contributed by atoms with Gasteiger partial charge in [-0.3, -0.25) is 9.98 Å². The molecule has 0 atom stereocenters. The maximum absolute atomic E-state index is 14.4. The molecular weight excluding hydrogens is 529 g/mol. The third-order valence-corrected chi connectivity index (χ3v) is 4.46. The molecule has 0 fully saturated rings. The van der Waals surface area contributed by atoms with Crippen LogP contribution in [0.25, 0.3) is 5.57 Å². The molecule has 0 saturated heterocycles. The third-order valence-electron chi connectivity index (χ3n) is 4.46. The van der Waals surface area contributed by atoms with Crippen LogP contribution >= 0.6 is 0 Å². The fourth-order valence-corrected chi connectivity index (χ4v) is 2.93. The summed E-state index contributed by atoms with van der Waals surface area (Å²) in [5.74, 6) is -3.66. The van der Waals surface area contributed by atoms with Gasteiger partial charge in [0.05, 0.1) is 11.4 Å². The molecule has 0 heterocycles. The number of benzene rings is 2. The van der Waals surface area contributed by atoms with Crippen molar-refractivity contribution in [3.05, 3.63) is 102 Å². The molecule has 0 aromatic heterocycles. The van der Waals surface area contributed by atoms with Crippen LogP contribution in [0, 0.1) is 11.6 Å². The van der Waals surface area contributed by atoms with Crippen LogP contribution in [0.5, 0.6) is 0 Å². The molecule has 0 aliphatic carbocycles. The summed E-state index contributed by atoms with van der Waals surface area (Å²) in [7, 11) is 2.98. The molecule has 216 valence electrons. The molecule has 0 saturated carbocycles. The number of hydrogen-bond acceptors (Lipinski definition) is 6. The van der Waals surface area contributed by atoms with Crippen molar-refractivity contribution in [2.75, 3.05) is 19.4 Å². The van der Waals surface area contributed by atoms with E-state index < -0.39 is 23.4 Å². The Morgan fingerprint density at radius 1 is 1.05 bits per heavy atom. The molecule has 0 amide bonds. The lowest BCUT2D eigenvalue weighted by Gasteiger charge is -2.16. The van der Waals surface area contributed by atoms with E-state index in [-0.39, 0.29) is 22.7 Å². The van der Waals surface area contributed by atoms with E-state index in [1.807, 2.05) is 13.8 Å². The molecule has 0 radical (unpaired) electrons. The Labute approximate surface area is 231 Å². The fourth-order valence-electron chi connectivity index (χ4n) is 2.93. The van der Waals surface area contributed by atoms with E-state index in [4.69, 9.17) is 5.73 Å². The summed E-state index contributed by atoms with van der Waals surface area (Å²) in [6, 6.07) is 7.73. The predicted octanol–water partition coefficient (Wildman–Crippen LogP) is 6.56. The molecule has 0 bridgehead atoms. The molecule has 7 nitrogen and oxygen atoms in total. The zero-order valence-electron chi connectivity index (χ0n) is 22.8. The van der Waals surface area contributed by atoms with E-state index in [0.717, 1.165) is 12.4 Å². The van der Waals surface area contributed by atoms with Crippen LogP contribution in [-0.4, -0.2) is 32.9 Å². The second kappa shape index (κ2) is 17.8. The smallest absolute Gasteiger partial charge is 0.403 e. The van der Waals surface area contributed by atoms with Gasteiger partial charge in [-0.15, -0.1) is 0 Å². The van der Waals surface area contributed by atoms with Gasteiger partial charge in [0.2, 0.25) is 0 Å². The second-order valence-electron chi connectivity index (χ2n) is 7.04. The first kappa shape index (κ1) is 35.4. The largest absolute Gasteiger partial charge is 0.422 e. The van der Waals surface area contributed by atoms with Gasteiger partial charge >= 0.3 is 6.18 Å². The van der Waals surface area contributed by atoms with Crippen molar-refractivity contribution in [2.45, 2.75) is 20.0 Å². The lowest BCUT2D eigenvalue weighted by Crippen LogP contribution is -2.26. The van der Waals surface area contributed by atoms with E-state index in [2.05, 4.69) is 51.2 Å². The SMILES string of the molecule is C=CC(=C)Nc1cccc(N=C(N/C(C=NC)=C/N)/C(=C\N=C)c2cc(F)c(C(F)(F)F)c(F)c2)c1.CC.CN. The van der Waals surface area contributed by atoms with Crippen LogP contribution < -0.4 is 22.1 Å². The van der Waals surface area contributed by atoms with Crippen LogP contribution in [0.15, 0.2) is 94.4 Å². The Morgan fingerprint density at radius 3 is 2.12 bits per heavy atom. The molecule has 40 heavy (non-hydrogen) atoms. The number of nitrogens with zero attached hydrogens (tertiary/aromatic N) is 3. The van der Waals surface area contributed by atoms with Crippen molar-refractivity contribution >= 4 is 35.7 Å². The fraction of sp³-hybridized carbons (Fsp3) is 0.179. The van der Waals surface area contributed by atoms with E-state index >= 15 is 0 Å². The minimum absolute atomic E-state index is 0.0581. The van der Waals surface area contributed by atoms with Gasteiger partial charge in [-0.2, -0.15) is 13.2 Å². The van der Waals surface area contributed by atoms with Crippen molar-refractivity contribution < 1.29 is 22.0 Å². The Balaban J connectivity index is 0.00000363. The minimum Gasteiger partial charge on any atom is -0.403 e. The Hall–Kier alpha value is -4.58. The van der Waals surface area contributed by atoms with Gasteiger partial charge in [-0.25, -0.2) is 13.8 Å². The average Bonchev–Trinajstić information content (AvgIpc) is 2.92. The Morgan fingerprint density at radius 2 is 1.65 bits per heavy atom. The number of nitrogens with two attached hydrogens (primary N) is 2. The Bertz CT molecular complexity index is 1250. The standard InChI is InChI=1S/C25H23F5N6.C2H6.CH5N/c1-5-15(2)34-17-7-6-8-18(11-17)35-24(36-19(12-31)13-32-3)20(14-33-4)16-9-21(26)23(22(27)10-16)25(28,29)30;2*1-2/h5-14,34H,1-2,4,31H2,3H3,(H,35,36);1-2H3;2H2,1H3/b19-12+,20-14-,32-13?;;. The van der Waals surface area contributed by atoms with Gasteiger partial charge in [0, 0.05) is 42.6 Å². The monoisotopic (exact) mass is 563 g/mol. The highest BCUT2D eigenvalue weighted by molar-refractivity contribution is 6.24. The molecule has 12 heteroatoms. The number of amidine groups is 1. The van der Waals surface area contributed by atoms with Gasteiger partial charge in [-0.1, -0.05) is 33.1 Å². The maximum Gasteiger partial charge on any atom is 0.422 e. The molecule has 6 N–H and O–H groups in total. The highest BCUT2D eigenvalue weighted by Crippen LogP contribution is 2.35. The van der Waals surface area contributed by atoms with Crippen molar-refractivity contribution in [2.24, 2.45) is 26.4 Å². The van der Waals surface area contributed by atoms with Crippen molar-refractivity contribution in [3.8, 4) is 0 Å². The number of aliphatic imine (C=N–C) groups is 3. The zero-order valence-corrected chi connectivity index (χ0v) is 22.8. The summed E-state index contributed by atoms with van der Waals surface area (Å²) in [6.45, 7) is 14.7. The van der Waals surface area contributed by atoms with Crippen LogP contribution in [0.1, 0.15) is 25.0 Å². The molecule has 0 unspecified atom stereocenters. The van der Waals surface area contributed by atoms with Gasteiger partial charge in [0.1, 0.15) is 23.0 Å². The highest BCUT2D eigenvalue weighted by Gasteiger charge is 2.38. The number of nitrogens with one attached hydrogen (secondary N) is 2. The first-order valence-corrected chi connectivity index (χ1v) is 11.7. The second-order valence-corrected chi connectivity index (χ2v) is 7.04. The maximum atomic E-state index is 14.4. The quantitative estimate of drug-likeness (QED) is 0.120. The van der Waals surface area contributed by atoms with Gasteiger partial charge in [0.25, 0.3) is 0 Å². The van der Waals surface area contributed by atoms with Gasteiger partial charge in [0.15, 0.2) is 0 Å². The summed E-state index contributed by atoms with van der Waals surface area (Å²) >= 11 is 0. The topological polar surface area (TPSA) is 113 Å². The lowest BCUT2D eigenvalue weighted by molar-refractivity contribution is -0.142. The highest BCUT2D eigenvalue weighted by atomic mass is 19.4. The third kappa shape index (κ3) is 10.7. The van der Waals surface area contributed by atoms with Crippen molar-refractivity contribution in [1.29, 1.82) is 0 Å². The lowest BCUT2D eigenvalue weighted by atomic mass is 10.0. The number of allylic oxidation sites excluding steroid dienone is 2. The molecule has 2 aromatic rings. The van der Waals surface area contributed by atoms with Gasteiger partial charge < -0.3 is 22.1 Å². The van der Waals surface area contributed by atoms with E-state index in [1.54, 1.807) is 24.3 Å². The number of halogens is 5. The summed E-state index contributed by atoms with van der Waals surface area (Å²) in [6.07, 6.45) is -0.129. The van der Waals surface area contributed by atoms with E-state index in [0.29, 0.717) is 29.2 Å². The summed E-state index contributed by atoms with van der Waals surface area (Å²) in [4.78, 5) is 12.0. The predicted molar refractivity (Wildman–Crippen MR) is 157 cm³/mol. The van der Waals surface area contributed by atoms with Crippen LogP contribution in [0.4, 0.5) is 33.3 Å². The summed E-state index contributed by atoms with van der Waals surface area (Å²) in [5, 5.41) is 5.85. The van der Waals surface area contributed by atoms with Crippen LogP contribution in [0.2, 0.25) is 0 Å². The van der Waals surface area contributed by atoms with E-state index in [1.165, 1.54) is 26.4 Å². The number of hydrogen-bond donors (Lipinski definition) is 4. The van der Waals surface area contributed by atoms with E-state index in [9.17, 15) is 22.0 Å². The minimum atomic E-state index is -5.22. The van der Waals surface area contributed by atoms with Crippen LogP contribution in [-0.2, 0) is 6.18 Å². The van der Waals surface area contributed by atoms with Crippen molar-refractivity contribution in [3.63, 3.8) is 0 Å². The first-order chi connectivity index (χ1) is 19.0. The normalized spacial score (nSPS) is 12.0. The van der Waals surface area contributed by atoms with Crippen LogP contribution in [0.3, 0.4) is 0 Å². The van der Waals surface area contributed by atoms with Gasteiger partial charge in [-0.05, 0) is 55.7 Å². The zero-order chi connectivity index (χ0) is 30.9. The molecule has 0 spiro atoms. The summed E-state index contributed by atoms with van der Waals surface area (Å²) < 4.78 is 68.0. The molecular formula is C28H34F5N7. The first-order valence-electron chi connectivity index (χ1n) is 11.7. The number of alkyl halides is 3. The Kier molecular flexibility index (Phi) is 15.8. The average molecular weight is 564 g/mol. The molecule has 2 rings (SSSR count). The van der Waals surface area contributed by atoms with Crippen molar-refractivity contribution in [1.82, 2.24) is 5.32 Å². The number of rotatable bonds is 9.